The van der Waals surface area contributed by atoms with Crippen molar-refractivity contribution in [3.63, 3.8) is 0 Å². The Kier molecular flexibility index (Phi) is 4.43. The lowest BCUT2D eigenvalue weighted by atomic mass is 10.1. The van der Waals surface area contributed by atoms with Crippen LogP contribution in [-0.4, -0.2) is 31.7 Å². The van der Waals surface area contributed by atoms with Crippen LogP contribution >= 0.6 is 11.3 Å². The summed E-state index contributed by atoms with van der Waals surface area (Å²) in [4.78, 5) is 4.13. The van der Waals surface area contributed by atoms with E-state index in [2.05, 4.69) is 15.0 Å². The summed E-state index contributed by atoms with van der Waals surface area (Å²) in [7, 11) is -3.17. The molecule has 0 atom stereocenters. The Labute approximate surface area is 100 Å². The summed E-state index contributed by atoms with van der Waals surface area (Å²) in [5.74, 6) is 0. The van der Waals surface area contributed by atoms with Crippen molar-refractivity contribution >= 4 is 21.4 Å². The van der Waals surface area contributed by atoms with Gasteiger partial charge in [0.05, 0.1) is 17.5 Å². The molecule has 0 aliphatic rings. The lowest BCUT2D eigenvalue weighted by molar-refractivity contribution is 0.420. The Bertz CT molecular complexity index is 412. The van der Waals surface area contributed by atoms with Crippen molar-refractivity contribution in [2.45, 2.75) is 25.9 Å². The van der Waals surface area contributed by atoms with Crippen LogP contribution in [0.4, 0.5) is 0 Å². The zero-order valence-corrected chi connectivity index (χ0v) is 11.3. The van der Waals surface area contributed by atoms with Gasteiger partial charge in [0.15, 0.2) is 0 Å². The largest absolute Gasteiger partial charge is 0.309 e. The monoisotopic (exact) mass is 263 g/mol. The van der Waals surface area contributed by atoms with Gasteiger partial charge >= 0.3 is 0 Å². The molecule has 0 saturated carbocycles. The van der Waals surface area contributed by atoms with Crippen LogP contribution in [0.2, 0.25) is 0 Å². The fraction of sp³-hybridized carbons (Fsp3) is 0.667. The summed E-state index contributed by atoms with van der Waals surface area (Å²) >= 11 is 1.54. The Morgan fingerprint density at radius 3 is 2.69 bits per heavy atom. The van der Waals surface area contributed by atoms with Gasteiger partial charge in [0.25, 0.3) is 0 Å². The molecule has 1 aromatic rings. The van der Waals surface area contributed by atoms with Crippen LogP contribution < -0.4 is 10.0 Å². The van der Waals surface area contributed by atoms with E-state index in [9.17, 15) is 8.42 Å². The molecule has 0 bridgehead atoms. The van der Waals surface area contributed by atoms with E-state index in [-0.39, 0.29) is 0 Å². The van der Waals surface area contributed by atoms with Crippen LogP contribution in [0.5, 0.6) is 0 Å². The minimum absolute atomic E-state index is 0.496. The molecule has 0 fully saturated rings. The first kappa shape index (κ1) is 13.6. The number of hydrogen-bond acceptors (Lipinski definition) is 5. The van der Waals surface area contributed by atoms with Crippen molar-refractivity contribution in [2.75, 3.05) is 12.8 Å². The van der Waals surface area contributed by atoms with Gasteiger partial charge in [-0.15, -0.1) is 11.3 Å². The molecule has 0 amide bonds. The second kappa shape index (κ2) is 5.22. The molecule has 0 aliphatic carbocycles. The molecule has 0 aromatic carbocycles. The molecular formula is C9H17N3O2S2. The van der Waals surface area contributed by atoms with Crippen LogP contribution in [0, 0.1) is 0 Å². The number of hydrogen-bond donors (Lipinski definition) is 2. The molecule has 0 radical (unpaired) electrons. The summed E-state index contributed by atoms with van der Waals surface area (Å²) in [6, 6.07) is 0. The number of nitrogens with one attached hydrogen (secondary N) is 2. The number of thiazole rings is 1. The predicted molar refractivity (Wildman–Crippen MR) is 65.9 cm³/mol. The van der Waals surface area contributed by atoms with Gasteiger partial charge in [0.1, 0.15) is 0 Å². The fourth-order valence-corrected chi connectivity index (χ4v) is 3.00. The second-order valence-electron chi connectivity index (χ2n) is 4.34. The molecule has 7 heteroatoms. The molecular weight excluding hydrogens is 246 g/mol. The fourth-order valence-electron chi connectivity index (χ4n) is 1.37. The van der Waals surface area contributed by atoms with Gasteiger partial charge in [0.2, 0.25) is 10.0 Å². The maximum Gasteiger partial charge on any atom is 0.209 e. The van der Waals surface area contributed by atoms with Crippen molar-refractivity contribution in [1.82, 2.24) is 15.0 Å². The Morgan fingerprint density at radius 1 is 1.50 bits per heavy atom. The molecule has 1 heterocycles. The standard InChI is InChI=1S/C9H17N3O2S2/c1-9(2,12-16(3,13)14)6-10-4-8-5-15-7-11-8/h5,7,10,12H,4,6H2,1-3H3. The van der Waals surface area contributed by atoms with Gasteiger partial charge < -0.3 is 5.32 Å². The highest BCUT2D eigenvalue weighted by atomic mass is 32.2. The lowest BCUT2D eigenvalue weighted by Crippen LogP contribution is -2.49. The molecule has 5 nitrogen and oxygen atoms in total. The summed E-state index contributed by atoms with van der Waals surface area (Å²) in [6.45, 7) is 4.88. The third-order valence-corrected chi connectivity index (χ3v) is 3.38. The maximum absolute atomic E-state index is 11.1. The normalized spacial score (nSPS) is 12.9. The van der Waals surface area contributed by atoms with Gasteiger partial charge in [-0.3, -0.25) is 0 Å². The molecule has 0 spiro atoms. The Hall–Kier alpha value is -0.500. The van der Waals surface area contributed by atoms with E-state index in [0.29, 0.717) is 13.1 Å². The van der Waals surface area contributed by atoms with Gasteiger partial charge in [-0.05, 0) is 13.8 Å². The van der Waals surface area contributed by atoms with E-state index in [1.54, 1.807) is 16.8 Å². The SMILES string of the molecule is CC(C)(CNCc1cscn1)NS(C)(=O)=O. The zero-order valence-electron chi connectivity index (χ0n) is 9.65. The molecule has 1 rings (SSSR count). The molecule has 0 unspecified atom stereocenters. The highest BCUT2D eigenvalue weighted by Crippen LogP contribution is 2.04. The van der Waals surface area contributed by atoms with Gasteiger partial charge in [-0.1, -0.05) is 0 Å². The number of rotatable bonds is 6. The molecule has 16 heavy (non-hydrogen) atoms. The molecule has 0 saturated heterocycles. The first-order valence-corrected chi connectivity index (χ1v) is 7.69. The minimum atomic E-state index is -3.17. The van der Waals surface area contributed by atoms with Crippen molar-refractivity contribution in [1.29, 1.82) is 0 Å². The van der Waals surface area contributed by atoms with Crippen molar-refractivity contribution < 1.29 is 8.42 Å². The first-order valence-electron chi connectivity index (χ1n) is 4.85. The highest BCUT2D eigenvalue weighted by molar-refractivity contribution is 7.88. The van der Waals surface area contributed by atoms with Crippen molar-refractivity contribution in [2.24, 2.45) is 0 Å². The van der Waals surface area contributed by atoms with Crippen LogP contribution in [0.3, 0.4) is 0 Å². The molecule has 1 aromatic heterocycles. The van der Waals surface area contributed by atoms with E-state index >= 15 is 0 Å². The van der Waals surface area contributed by atoms with Gasteiger partial charge in [-0.25, -0.2) is 18.1 Å². The van der Waals surface area contributed by atoms with Gasteiger partial charge in [0, 0.05) is 24.0 Å². The van der Waals surface area contributed by atoms with Crippen LogP contribution in [0.15, 0.2) is 10.9 Å². The van der Waals surface area contributed by atoms with E-state index in [0.717, 1.165) is 11.9 Å². The quantitative estimate of drug-likeness (QED) is 0.787. The number of sulfonamides is 1. The third kappa shape index (κ3) is 5.55. The average molecular weight is 263 g/mol. The molecule has 92 valence electrons. The molecule has 0 aliphatic heterocycles. The van der Waals surface area contributed by atoms with E-state index in [1.165, 1.54) is 0 Å². The first-order chi connectivity index (χ1) is 7.29. The van der Waals surface area contributed by atoms with E-state index in [1.807, 2.05) is 19.2 Å². The summed E-state index contributed by atoms with van der Waals surface area (Å²) in [5, 5.41) is 5.13. The van der Waals surface area contributed by atoms with Crippen molar-refractivity contribution in [3.8, 4) is 0 Å². The highest BCUT2D eigenvalue weighted by Gasteiger charge is 2.21. The van der Waals surface area contributed by atoms with E-state index < -0.39 is 15.6 Å². The Morgan fingerprint density at radius 2 is 2.19 bits per heavy atom. The maximum atomic E-state index is 11.1. The molecule has 2 N–H and O–H groups in total. The topological polar surface area (TPSA) is 71.1 Å². The van der Waals surface area contributed by atoms with Crippen LogP contribution in [0.25, 0.3) is 0 Å². The zero-order chi connectivity index (χ0) is 12.2. The van der Waals surface area contributed by atoms with Crippen molar-refractivity contribution in [3.05, 3.63) is 16.6 Å². The summed E-state index contributed by atoms with van der Waals surface area (Å²) < 4.78 is 24.7. The number of nitrogens with zero attached hydrogens (tertiary/aromatic N) is 1. The summed E-state index contributed by atoms with van der Waals surface area (Å²) in [6.07, 6.45) is 1.16. The second-order valence-corrected chi connectivity index (χ2v) is 6.81. The smallest absolute Gasteiger partial charge is 0.209 e. The lowest BCUT2D eigenvalue weighted by Gasteiger charge is -2.25. The van der Waals surface area contributed by atoms with Crippen LogP contribution in [-0.2, 0) is 16.6 Å². The van der Waals surface area contributed by atoms with Gasteiger partial charge in [-0.2, -0.15) is 0 Å². The predicted octanol–water partition coefficient (Wildman–Crippen LogP) is 0.560. The average Bonchev–Trinajstić information content (AvgIpc) is 2.51. The summed E-state index contributed by atoms with van der Waals surface area (Å²) in [5.41, 5.74) is 2.25. The van der Waals surface area contributed by atoms with Crippen LogP contribution in [0.1, 0.15) is 19.5 Å². The number of aromatic nitrogens is 1. The minimum Gasteiger partial charge on any atom is -0.309 e. The third-order valence-electron chi connectivity index (χ3n) is 1.82. The van der Waals surface area contributed by atoms with E-state index in [4.69, 9.17) is 0 Å². The Balaban J connectivity index is 2.36.